The Morgan fingerprint density at radius 3 is 1.77 bits per heavy atom. The highest BCUT2D eigenvalue weighted by molar-refractivity contribution is 6.37. The zero-order chi connectivity index (χ0) is 16.7. The van der Waals surface area contributed by atoms with E-state index in [0.29, 0.717) is 16.7 Å². The summed E-state index contributed by atoms with van der Waals surface area (Å²) in [6.07, 6.45) is 1.53. The van der Waals surface area contributed by atoms with Crippen LogP contribution in [0.3, 0.4) is 0 Å². The monoisotopic (exact) mass is 296 g/mol. The first kappa shape index (κ1) is 16.4. The molecule has 1 aliphatic carbocycles. The molecule has 116 valence electrons. The minimum absolute atomic E-state index is 0.00143. The molecule has 1 aromatic carbocycles. The van der Waals surface area contributed by atoms with Gasteiger partial charge in [-0.3, -0.25) is 9.59 Å². The summed E-state index contributed by atoms with van der Waals surface area (Å²) >= 11 is 0. The van der Waals surface area contributed by atoms with Crippen LogP contribution < -0.4 is 0 Å². The molecule has 0 fully saturated rings. The van der Waals surface area contributed by atoms with Gasteiger partial charge in [0.2, 0.25) is 0 Å². The molecule has 0 atom stereocenters. The number of benzene rings is 1. The van der Waals surface area contributed by atoms with Crippen molar-refractivity contribution in [2.75, 3.05) is 0 Å². The molecule has 1 aliphatic rings. The van der Waals surface area contributed by atoms with Crippen LogP contribution >= 0.6 is 0 Å². The van der Waals surface area contributed by atoms with Crippen LogP contribution in [0.4, 0.5) is 0 Å². The second kappa shape index (κ2) is 5.35. The van der Waals surface area contributed by atoms with E-state index in [-0.39, 0.29) is 22.4 Å². The minimum atomic E-state index is -0.386. The maximum absolute atomic E-state index is 13.1. The van der Waals surface area contributed by atoms with Gasteiger partial charge in [0.1, 0.15) is 0 Å². The zero-order valence-electron chi connectivity index (χ0n) is 14.3. The first-order chi connectivity index (χ1) is 10.0. The summed E-state index contributed by atoms with van der Waals surface area (Å²) in [5.41, 5.74) is 1.85. The van der Waals surface area contributed by atoms with E-state index < -0.39 is 0 Å². The second-order valence-corrected chi connectivity index (χ2v) is 7.87. The van der Waals surface area contributed by atoms with Crippen LogP contribution in [-0.4, -0.2) is 11.6 Å². The normalized spacial score (nSPS) is 16.9. The molecule has 2 heteroatoms. The molecule has 0 radical (unpaired) electrons. The predicted molar refractivity (Wildman–Crippen MR) is 90.4 cm³/mol. The minimum Gasteiger partial charge on any atom is -0.289 e. The summed E-state index contributed by atoms with van der Waals surface area (Å²) in [6, 6.07) is 9.48. The summed E-state index contributed by atoms with van der Waals surface area (Å²) in [5, 5.41) is 0. The Balaban J connectivity index is 2.73. The second-order valence-electron chi connectivity index (χ2n) is 7.87. The number of carbonyl (C=O) groups is 2. The molecule has 0 aliphatic heterocycles. The molecule has 0 saturated carbocycles. The Labute approximate surface area is 132 Å². The van der Waals surface area contributed by atoms with E-state index in [0.717, 1.165) is 5.56 Å². The Bertz CT molecular complexity index is 675. The van der Waals surface area contributed by atoms with Gasteiger partial charge in [0.25, 0.3) is 0 Å². The van der Waals surface area contributed by atoms with Crippen molar-refractivity contribution in [3.63, 3.8) is 0 Å². The molecular weight excluding hydrogens is 272 g/mol. The van der Waals surface area contributed by atoms with Crippen LogP contribution in [0, 0.1) is 10.8 Å². The molecule has 2 rings (SSSR count). The van der Waals surface area contributed by atoms with Gasteiger partial charge in [0.15, 0.2) is 11.6 Å². The number of hydrogen-bond acceptors (Lipinski definition) is 2. The van der Waals surface area contributed by atoms with Gasteiger partial charge in [0.05, 0.1) is 0 Å². The van der Waals surface area contributed by atoms with Crippen molar-refractivity contribution < 1.29 is 9.59 Å². The standard InChI is InChI=1S/C20H24O2/c1-19(2,3)14-12-15(21)16(13-10-8-7-9-11-13)17(18(14)22)20(4,5)6/h7-12H,1-6H3. The number of carbonyl (C=O) groups excluding carboxylic acids is 2. The molecule has 0 N–H and O–H groups in total. The van der Waals surface area contributed by atoms with Gasteiger partial charge in [0, 0.05) is 16.7 Å². The van der Waals surface area contributed by atoms with E-state index in [2.05, 4.69) is 0 Å². The SMILES string of the molecule is CC(C)(C)C1=CC(=O)C(c2ccccc2)=C(C(C)(C)C)C1=O. The molecule has 0 spiro atoms. The lowest BCUT2D eigenvalue weighted by molar-refractivity contribution is -0.116. The van der Waals surface area contributed by atoms with E-state index in [4.69, 9.17) is 0 Å². The van der Waals surface area contributed by atoms with Crippen molar-refractivity contribution in [1.82, 2.24) is 0 Å². The third-order valence-corrected chi connectivity index (χ3v) is 3.86. The van der Waals surface area contributed by atoms with Gasteiger partial charge < -0.3 is 0 Å². The molecule has 0 bridgehead atoms. The number of allylic oxidation sites excluding steroid dienone is 4. The first-order valence-corrected chi connectivity index (χ1v) is 7.65. The predicted octanol–water partition coefficient (Wildman–Crippen LogP) is 4.61. The van der Waals surface area contributed by atoms with Gasteiger partial charge >= 0.3 is 0 Å². The molecule has 0 amide bonds. The van der Waals surface area contributed by atoms with Crippen LogP contribution in [0.2, 0.25) is 0 Å². The van der Waals surface area contributed by atoms with E-state index in [1.165, 1.54) is 6.08 Å². The van der Waals surface area contributed by atoms with Crippen molar-refractivity contribution in [3.8, 4) is 0 Å². The van der Waals surface area contributed by atoms with Crippen LogP contribution in [0.15, 0.2) is 47.6 Å². The highest BCUT2D eigenvalue weighted by atomic mass is 16.1. The van der Waals surface area contributed by atoms with Crippen molar-refractivity contribution >= 4 is 17.1 Å². The maximum atomic E-state index is 13.1. The van der Waals surface area contributed by atoms with Crippen molar-refractivity contribution in [2.24, 2.45) is 10.8 Å². The highest BCUT2D eigenvalue weighted by Gasteiger charge is 2.39. The number of hydrogen-bond donors (Lipinski definition) is 0. The Kier molecular flexibility index (Phi) is 3.99. The van der Waals surface area contributed by atoms with Crippen LogP contribution in [-0.2, 0) is 9.59 Å². The van der Waals surface area contributed by atoms with Crippen LogP contribution in [0.5, 0.6) is 0 Å². The summed E-state index contributed by atoms with van der Waals surface area (Å²) in [6.45, 7) is 11.9. The fourth-order valence-electron chi connectivity index (χ4n) is 2.80. The molecule has 0 saturated heterocycles. The van der Waals surface area contributed by atoms with E-state index in [1.807, 2.05) is 71.9 Å². The fourth-order valence-corrected chi connectivity index (χ4v) is 2.80. The third kappa shape index (κ3) is 2.96. The van der Waals surface area contributed by atoms with Gasteiger partial charge in [-0.25, -0.2) is 0 Å². The smallest absolute Gasteiger partial charge is 0.187 e. The molecule has 22 heavy (non-hydrogen) atoms. The number of ketones is 2. The quantitative estimate of drug-likeness (QED) is 0.709. The van der Waals surface area contributed by atoms with Gasteiger partial charge in [-0.05, 0) is 22.5 Å². The first-order valence-electron chi connectivity index (χ1n) is 7.65. The summed E-state index contributed by atoms with van der Waals surface area (Å²) in [5.74, 6) is -0.0703. The van der Waals surface area contributed by atoms with Crippen molar-refractivity contribution in [1.29, 1.82) is 0 Å². The van der Waals surface area contributed by atoms with E-state index in [1.54, 1.807) is 0 Å². The zero-order valence-corrected chi connectivity index (χ0v) is 14.3. The molecule has 0 aromatic heterocycles. The Hall–Kier alpha value is -1.96. The van der Waals surface area contributed by atoms with Crippen LogP contribution in [0.1, 0.15) is 47.1 Å². The number of rotatable bonds is 1. The third-order valence-electron chi connectivity index (χ3n) is 3.86. The fraction of sp³-hybridized carbons (Fsp3) is 0.400. The summed E-state index contributed by atoms with van der Waals surface area (Å²) < 4.78 is 0. The highest BCUT2D eigenvalue weighted by Crippen LogP contribution is 2.42. The van der Waals surface area contributed by atoms with Gasteiger partial charge in [-0.1, -0.05) is 71.9 Å². The Morgan fingerprint density at radius 1 is 0.773 bits per heavy atom. The number of Topliss-reactive ketones (excluding diaryl/α,β-unsaturated/α-hetero) is 1. The van der Waals surface area contributed by atoms with Gasteiger partial charge in [-0.2, -0.15) is 0 Å². The largest absolute Gasteiger partial charge is 0.289 e. The van der Waals surface area contributed by atoms with Crippen LogP contribution in [0.25, 0.3) is 5.57 Å². The lowest BCUT2D eigenvalue weighted by Crippen LogP contribution is -2.31. The lowest BCUT2D eigenvalue weighted by Gasteiger charge is -2.33. The average Bonchev–Trinajstić information content (AvgIpc) is 2.39. The summed E-state index contributed by atoms with van der Waals surface area (Å²) in [4.78, 5) is 25.8. The molecular formula is C20H24O2. The topological polar surface area (TPSA) is 34.1 Å². The van der Waals surface area contributed by atoms with Crippen molar-refractivity contribution in [3.05, 3.63) is 53.1 Å². The molecule has 0 heterocycles. The lowest BCUT2D eigenvalue weighted by atomic mass is 9.69. The van der Waals surface area contributed by atoms with E-state index >= 15 is 0 Å². The molecule has 2 nitrogen and oxygen atoms in total. The van der Waals surface area contributed by atoms with E-state index in [9.17, 15) is 9.59 Å². The summed E-state index contributed by atoms with van der Waals surface area (Å²) in [7, 11) is 0. The average molecular weight is 296 g/mol. The molecule has 0 unspecified atom stereocenters. The molecule has 1 aromatic rings. The maximum Gasteiger partial charge on any atom is 0.187 e. The van der Waals surface area contributed by atoms with Crippen molar-refractivity contribution in [2.45, 2.75) is 41.5 Å². The Morgan fingerprint density at radius 2 is 1.32 bits per heavy atom. The van der Waals surface area contributed by atoms with Gasteiger partial charge in [-0.15, -0.1) is 0 Å².